The maximum absolute atomic E-state index is 5.75. The van der Waals surface area contributed by atoms with Gasteiger partial charge in [0.25, 0.3) is 0 Å². The van der Waals surface area contributed by atoms with Crippen molar-refractivity contribution in [1.29, 1.82) is 0 Å². The first-order valence-corrected chi connectivity index (χ1v) is 5.89. The van der Waals surface area contributed by atoms with Crippen molar-refractivity contribution in [1.82, 2.24) is 9.55 Å². The number of nitrogens with zero attached hydrogens (tertiary/aromatic N) is 2. The molecule has 0 fully saturated rings. The maximum Gasteiger partial charge on any atom is 0.123 e. The van der Waals surface area contributed by atoms with Crippen molar-refractivity contribution in [3.05, 3.63) is 24.0 Å². The fraction of sp³-hybridized carbons (Fsp3) is 0.462. The first-order chi connectivity index (χ1) is 8.15. The molecule has 0 aliphatic heterocycles. The lowest BCUT2D eigenvalue weighted by molar-refractivity contribution is 0.415. The Hall–Kier alpha value is -1.55. The summed E-state index contributed by atoms with van der Waals surface area (Å²) in [5.74, 6) is 2.33. The van der Waals surface area contributed by atoms with Gasteiger partial charge in [-0.3, -0.25) is 0 Å². The Balaban J connectivity index is 2.55. The minimum Gasteiger partial charge on any atom is -0.497 e. The molecule has 0 radical (unpaired) electrons. The van der Waals surface area contributed by atoms with Crippen molar-refractivity contribution in [3.63, 3.8) is 0 Å². The second kappa shape index (κ2) is 4.75. The highest BCUT2D eigenvalue weighted by molar-refractivity contribution is 5.77. The van der Waals surface area contributed by atoms with E-state index in [0.29, 0.717) is 12.5 Å². The summed E-state index contributed by atoms with van der Waals surface area (Å²) < 4.78 is 7.40. The van der Waals surface area contributed by atoms with Crippen molar-refractivity contribution in [2.75, 3.05) is 7.11 Å². The summed E-state index contributed by atoms with van der Waals surface area (Å²) in [6, 6.07) is 5.95. The van der Waals surface area contributed by atoms with E-state index in [1.165, 1.54) is 0 Å². The fourth-order valence-corrected chi connectivity index (χ4v) is 2.01. The molecule has 0 bridgehead atoms. The van der Waals surface area contributed by atoms with Gasteiger partial charge in [-0.15, -0.1) is 0 Å². The molecule has 1 aromatic carbocycles. The standard InChI is InChI=1S/C13H19N3O/c1-9(2)8-16-12-5-4-10(17-3)6-11(12)15-13(16)7-14/h4-6,9H,7-8,14H2,1-3H3. The molecule has 4 nitrogen and oxygen atoms in total. The molecule has 1 aromatic heterocycles. The van der Waals surface area contributed by atoms with Crippen LogP contribution in [0.4, 0.5) is 0 Å². The SMILES string of the molecule is COc1ccc2c(c1)nc(CN)n2CC(C)C. The third-order valence-electron chi connectivity index (χ3n) is 2.76. The number of benzene rings is 1. The number of ether oxygens (including phenoxy) is 1. The van der Waals surface area contributed by atoms with Crippen LogP contribution < -0.4 is 10.5 Å². The van der Waals surface area contributed by atoms with Crippen LogP contribution >= 0.6 is 0 Å². The Bertz CT molecular complexity index is 517. The average Bonchev–Trinajstić information content (AvgIpc) is 2.65. The van der Waals surface area contributed by atoms with E-state index in [2.05, 4.69) is 23.4 Å². The van der Waals surface area contributed by atoms with Crippen molar-refractivity contribution in [2.24, 2.45) is 11.7 Å². The number of hydrogen-bond donors (Lipinski definition) is 1. The molecule has 0 aliphatic carbocycles. The van der Waals surface area contributed by atoms with Crippen LogP contribution in [0, 0.1) is 5.92 Å². The van der Waals surface area contributed by atoms with Crippen LogP contribution in [0.2, 0.25) is 0 Å². The molecular formula is C13H19N3O. The van der Waals surface area contributed by atoms with E-state index in [4.69, 9.17) is 10.5 Å². The Morgan fingerprint density at radius 1 is 1.41 bits per heavy atom. The summed E-state index contributed by atoms with van der Waals surface area (Å²) in [7, 11) is 1.66. The highest BCUT2D eigenvalue weighted by Crippen LogP contribution is 2.22. The number of nitrogens with two attached hydrogens (primary N) is 1. The van der Waals surface area contributed by atoms with Crippen molar-refractivity contribution in [3.8, 4) is 5.75 Å². The smallest absolute Gasteiger partial charge is 0.123 e. The van der Waals surface area contributed by atoms with Crippen molar-refractivity contribution in [2.45, 2.75) is 26.9 Å². The van der Waals surface area contributed by atoms with Gasteiger partial charge in [0.1, 0.15) is 11.6 Å². The molecule has 92 valence electrons. The third kappa shape index (κ3) is 2.26. The zero-order chi connectivity index (χ0) is 12.4. The number of imidazole rings is 1. The van der Waals surface area contributed by atoms with Crippen molar-refractivity contribution >= 4 is 11.0 Å². The van der Waals surface area contributed by atoms with Gasteiger partial charge in [-0.25, -0.2) is 4.98 Å². The monoisotopic (exact) mass is 233 g/mol. The van der Waals surface area contributed by atoms with Gasteiger partial charge in [-0.05, 0) is 18.1 Å². The van der Waals surface area contributed by atoms with Gasteiger partial charge < -0.3 is 15.0 Å². The average molecular weight is 233 g/mol. The number of rotatable bonds is 4. The van der Waals surface area contributed by atoms with E-state index < -0.39 is 0 Å². The van der Waals surface area contributed by atoms with Gasteiger partial charge in [-0.2, -0.15) is 0 Å². The lowest BCUT2D eigenvalue weighted by Gasteiger charge is -2.10. The molecule has 4 heteroatoms. The highest BCUT2D eigenvalue weighted by Gasteiger charge is 2.11. The Morgan fingerprint density at radius 2 is 2.18 bits per heavy atom. The molecule has 0 aliphatic rings. The lowest BCUT2D eigenvalue weighted by atomic mass is 10.2. The topological polar surface area (TPSA) is 53.1 Å². The molecule has 0 unspecified atom stereocenters. The Morgan fingerprint density at radius 3 is 2.76 bits per heavy atom. The van der Waals surface area contributed by atoms with Crippen LogP contribution in [0.15, 0.2) is 18.2 Å². The van der Waals surface area contributed by atoms with Gasteiger partial charge in [0.05, 0.1) is 24.7 Å². The van der Waals surface area contributed by atoms with Gasteiger partial charge in [0, 0.05) is 12.6 Å². The predicted octanol–water partition coefficient (Wildman–Crippen LogP) is 2.16. The minimum atomic E-state index is 0.462. The first kappa shape index (κ1) is 11.9. The van der Waals surface area contributed by atoms with E-state index in [9.17, 15) is 0 Å². The molecule has 0 spiro atoms. The molecule has 1 heterocycles. The molecule has 2 N–H and O–H groups in total. The number of fused-ring (bicyclic) bond motifs is 1. The van der Waals surface area contributed by atoms with Gasteiger partial charge in [0.15, 0.2) is 0 Å². The third-order valence-corrected chi connectivity index (χ3v) is 2.76. The molecule has 0 amide bonds. The number of aromatic nitrogens is 2. The zero-order valence-corrected chi connectivity index (χ0v) is 10.6. The highest BCUT2D eigenvalue weighted by atomic mass is 16.5. The second-order valence-electron chi connectivity index (χ2n) is 4.59. The molecule has 0 atom stereocenters. The van der Waals surface area contributed by atoms with Crippen LogP contribution in [0.25, 0.3) is 11.0 Å². The fourth-order valence-electron chi connectivity index (χ4n) is 2.01. The molecule has 2 aromatic rings. The maximum atomic E-state index is 5.75. The summed E-state index contributed by atoms with van der Waals surface area (Å²) in [5.41, 5.74) is 7.82. The summed E-state index contributed by atoms with van der Waals surface area (Å²) >= 11 is 0. The summed E-state index contributed by atoms with van der Waals surface area (Å²) in [6.07, 6.45) is 0. The van der Waals surface area contributed by atoms with Gasteiger partial charge >= 0.3 is 0 Å². The Labute approximate surface area is 101 Å². The van der Waals surface area contributed by atoms with E-state index in [0.717, 1.165) is 29.2 Å². The predicted molar refractivity (Wildman–Crippen MR) is 69.0 cm³/mol. The van der Waals surface area contributed by atoms with Gasteiger partial charge in [-0.1, -0.05) is 13.8 Å². The second-order valence-corrected chi connectivity index (χ2v) is 4.59. The first-order valence-electron chi connectivity index (χ1n) is 5.89. The van der Waals surface area contributed by atoms with Crippen molar-refractivity contribution < 1.29 is 4.74 Å². The summed E-state index contributed by atoms with van der Waals surface area (Å²) in [5, 5.41) is 0. The zero-order valence-electron chi connectivity index (χ0n) is 10.6. The van der Waals surface area contributed by atoms with Crippen LogP contribution in [0.1, 0.15) is 19.7 Å². The largest absolute Gasteiger partial charge is 0.497 e. The molecule has 2 rings (SSSR count). The van der Waals surface area contributed by atoms with Crippen LogP contribution in [0.3, 0.4) is 0 Å². The normalized spacial score (nSPS) is 11.4. The molecular weight excluding hydrogens is 214 g/mol. The van der Waals surface area contributed by atoms with E-state index in [-0.39, 0.29) is 0 Å². The molecule has 0 saturated carbocycles. The van der Waals surface area contributed by atoms with Gasteiger partial charge in [0.2, 0.25) is 0 Å². The quantitative estimate of drug-likeness (QED) is 0.880. The molecule has 0 saturated heterocycles. The summed E-state index contributed by atoms with van der Waals surface area (Å²) in [6.45, 7) is 5.78. The minimum absolute atomic E-state index is 0.462. The molecule has 17 heavy (non-hydrogen) atoms. The lowest BCUT2D eigenvalue weighted by Crippen LogP contribution is -2.11. The Kier molecular flexibility index (Phi) is 3.33. The van der Waals surface area contributed by atoms with E-state index >= 15 is 0 Å². The van der Waals surface area contributed by atoms with Crippen LogP contribution in [0.5, 0.6) is 5.75 Å². The van der Waals surface area contributed by atoms with E-state index in [1.54, 1.807) is 7.11 Å². The number of hydrogen-bond acceptors (Lipinski definition) is 3. The van der Waals surface area contributed by atoms with Crippen LogP contribution in [-0.2, 0) is 13.1 Å². The number of methoxy groups -OCH3 is 1. The van der Waals surface area contributed by atoms with E-state index in [1.807, 2.05) is 18.2 Å². The summed E-state index contributed by atoms with van der Waals surface area (Å²) in [4.78, 5) is 4.55. The van der Waals surface area contributed by atoms with Crippen LogP contribution in [-0.4, -0.2) is 16.7 Å².